The van der Waals surface area contributed by atoms with Crippen LogP contribution in [-0.4, -0.2) is 40.5 Å². The Morgan fingerprint density at radius 1 is 1.18 bits per heavy atom. The molecule has 68 valence electrons. The number of hydrogen-bond donors (Lipinski definition) is 1. The first-order chi connectivity index (χ1) is 4.83. The first-order valence-corrected chi connectivity index (χ1v) is 3.52. The van der Waals surface area contributed by atoms with E-state index in [9.17, 15) is 0 Å². The quantitative estimate of drug-likeness (QED) is 0.677. The molecule has 0 aliphatic carbocycles. The van der Waals surface area contributed by atoms with Crippen LogP contribution in [0.2, 0.25) is 0 Å². The lowest BCUT2D eigenvalue weighted by Gasteiger charge is -2.41. The van der Waals surface area contributed by atoms with Crippen molar-refractivity contribution in [2.45, 2.75) is 0 Å². The predicted molar refractivity (Wildman–Crippen MR) is 46.3 cm³/mol. The van der Waals surface area contributed by atoms with Gasteiger partial charge in [-0.25, -0.2) is 0 Å². The molecule has 4 heteroatoms. The second-order valence-electron chi connectivity index (χ2n) is 2.97. The van der Waals surface area contributed by atoms with Crippen LogP contribution in [0.3, 0.4) is 0 Å². The Morgan fingerprint density at radius 2 is 1.64 bits per heavy atom. The zero-order chi connectivity index (χ0) is 7.45. The van der Waals surface area contributed by atoms with Crippen molar-refractivity contribution < 1.29 is 9.47 Å². The van der Waals surface area contributed by atoms with Gasteiger partial charge in [-0.05, 0) is 0 Å². The lowest BCUT2D eigenvalue weighted by atomic mass is 9.84. The summed E-state index contributed by atoms with van der Waals surface area (Å²) in [5.41, 5.74) is 0.267. The number of ether oxygens (including phenoxy) is 2. The van der Waals surface area contributed by atoms with Gasteiger partial charge in [0.2, 0.25) is 0 Å². The first-order valence-electron chi connectivity index (χ1n) is 3.52. The summed E-state index contributed by atoms with van der Waals surface area (Å²) in [4.78, 5) is 0. The van der Waals surface area contributed by atoms with Gasteiger partial charge in [0, 0.05) is 32.7 Å². The Hall–Kier alpha value is 0.170. The third kappa shape index (κ3) is 2.60. The zero-order valence-corrected chi connectivity index (χ0v) is 7.87. The Morgan fingerprint density at radius 3 is 1.82 bits per heavy atom. The minimum atomic E-state index is 0. The van der Waals surface area contributed by atoms with Crippen molar-refractivity contribution in [2.24, 2.45) is 5.41 Å². The van der Waals surface area contributed by atoms with E-state index in [1.807, 2.05) is 0 Å². The Bertz CT molecular complexity index is 98.6. The second-order valence-corrected chi connectivity index (χ2v) is 2.97. The van der Waals surface area contributed by atoms with Crippen LogP contribution in [0, 0.1) is 5.41 Å². The molecule has 0 saturated carbocycles. The van der Waals surface area contributed by atoms with E-state index in [-0.39, 0.29) is 17.8 Å². The third-order valence-electron chi connectivity index (χ3n) is 1.90. The number of rotatable bonds is 4. The van der Waals surface area contributed by atoms with Crippen LogP contribution in [0.15, 0.2) is 0 Å². The summed E-state index contributed by atoms with van der Waals surface area (Å²) in [5, 5.41) is 3.21. The molecule has 1 rings (SSSR count). The number of hydrogen-bond acceptors (Lipinski definition) is 3. The molecule has 0 aromatic heterocycles. The van der Waals surface area contributed by atoms with Crippen molar-refractivity contribution in [3.63, 3.8) is 0 Å². The molecule has 0 bridgehead atoms. The van der Waals surface area contributed by atoms with Gasteiger partial charge in [-0.15, -0.1) is 12.4 Å². The van der Waals surface area contributed by atoms with Crippen molar-refractivity contribution in [1.82, 2.24) is 5.32 Å². The third-order valence-corrected chi connectivity index (χ3v) is 1.90. The topological polar surface area (TPSA) is 30.5 Å². The molecule has 1 saturated heterocycles. The highest BCUT2D eigenvalue weighted by molar-refractivity contribution is 5.85. The molecule has 0 atom stereocenters. The van der Waals surface area contributed by atoms with Crippen molar-refractivity contribution in [1.29, 1.82) is 0 Å². The van der Waals surface area contributed by atoms with Crippen LogP contribution in [0.25, 0.3) is 0 Å². The minimum Gasteiger partial charge on any atom is -0.384 e. The SMILES string of the molecule is COCC1(COC)CNC1.Cl. The second kappa shape index (κ2) is 4.93. The van der Waals surface area contributed by atoms with Gasteiger partial charge >= 0.3 is 0 Å². The van der Waals surface area contributed by atoms with Gasteiger partial charge in [-0.1, -0.05) is 0 Å². The first kappa shape index (κ1) is 11.2. The standard InChI is InChI=1S/C7H15NO2.ClH/c1-9-5-7(6-10-2)3-8-4-7;/h8H,3-6H2,1-2H3;1H. The fourth-order valence-electron chi connectivity index (χ4n) is 1.34. The highest BCUT2D eigenvalue weighted by atomic mass is 35.5. The van der Waals surface area contributed by atoms with Crippen molar-refractivity contribution in [3.05, 3.63) is 0 Å². The summed E-state index contributed by atoms with van der Waals surface area (Å²) in [6.45, 7) is 3.64. The molecule has 0 spiro atoms. The van der Waals surface area contributed by atoms with Gasteiger partial charge in [-0.2, -0.15) is 0 Å². The van der Waals surface area contributed by atoms with E-state index in [1.165, 1.54) is 0 Å². The summed E-state index contributed by atoms with van der Waals surface area (Å²) >= 11 is 0. The van der Waals surface area contributed by atoms with Crippen molar-refractivity contribution in [3.8, 4) is 0 Å². The summed E-state index contributed by atoms with van der Waals surface area (Å²) in [6, 6.07) is 0. The molecule has 1 aliphatic heterocycles. The molecule has 0 aromatic carbocycles. The average Bonchev–Trinajstić information content (AvgIpc) is 1.84. The van der Waals surface area contributed by atoms with Gasteiger partial charge in [0.25, 0.3) is 0 Å². The van der Waals surface area contributed by atoms with E-state index >= 15 is 0 Å². The van der Waals surface area contributed by atoms with E-state index in [2.05, 4.69) is 5.32 Å². The van der Waals surface area contributed by atoms with Crippen LogP contribution in [0.1, 0.15) is 0 Å². The summed E-state index contributed by atoms with van der Waals surface area (Å²) in [6.07, 6.45) is 0. The normalized spacial score (nSPS) is 20.2. The van der Waals surface area contributed by atoms with Crippen molar-refractivity contribution in [2.75, 3.05) is 40.5 Å². The fourth-order valence-corrected chi connectivity index (χ4v) is 1.34. The van der Waals surface area contributed by atoms with Crippen LogP contribution < -0.4 is 5.32 Å². The van der Waals surface area contributed by atoms with Crippen LogP contribution in [0.4, 0.5) is 0 Å². The highest BCUT2D eigenvalue weighted by Crippen LogP contribution is 2.22. The van der Waals surface area contributed by atoms with Crippen LogP contribution >= 0.6 is 12.4 Å². The predicted octanol–water partition coefficient (Wildman–Crippen LogP) is 0.291. The van der Waals surface area contributed by atoms with E-state index in [1.54, 1.807) is 14.2 Å². The molecule has 1 aliphatic rings. The Kier molecular flexibility index (Phi) is 5.01. The zero-order valence-electron chi connectivity index (χ0n) is 7.05. The maximum atomic E-state index is 5.08. The summed E-state index contributed by atoms with van der Waals surface area (Å²) < 4.78 is 10.2. The largest absolute Gasteiger partial charge is 0.384 e. The number of halogens is 1. The molecule has 3 nitrogen and oxygen atoms in total. The number of nitrogens with one attached hydrogen (secondary N) is 1. The highest BCUT2D eigenvalue weighted by Gasteiger charge is 2.36. The van der Waals surface area contributed by atoms with Gasteiger partial charge in [0.05, 0.1) is 13.2 Å². The maximum Gasteiger partial charge on any atom is 0.0565 e. The van der Waals surface area contributed by atoms with E-state index in [0.717, 1.165) is 26.3 Å². The molecule has 0 aromatic rings. The fraction of sp³-hybridized carbons (Fsp3) is 1.00. The van der Waals surface area contributed by atoms with Gasteiger partial charge in [0.1, 0.15) is 0 Å². The average molecular weight is 182 g/mol. The molecule has 1 fully saturated rings. The molecule has 0 unspecified atom stereocenters. The van der Waals surface area contributed by atoms with Crippen LogP contribution in [0.5, 0.6) is 0 Å². The molecular formula is C7H16ClNO2. The Balaban J connectivity index is 0.000001000. The maximum absolute atomic E-state index is 5.08. The molecule has 0 radical (unpaired) electrons. The Labute approximate surface area is 73.9 Å². The van der Waals surface area contributed by atoms with Crippen LogP contribution in [-0.2, 0) is 9.47 Å². The van der Waals surface area contributed by atoms with Gasteiger partial charge in [-0.3, -0.25) is 0 Å². The van der Waals surface area contributed by atoms with E-state index < -0.39 is 0 Å². The van der Waals surface area contributed by atoms with E-state index in [0.29, 0.717) is 0 Å². The lowest BCUT2D eigenvalue weighted by molar-refractivity contribution is -0.0233. The molecule has 1 N–H and O–H groups in total. The lowest BCUT2D eigenvalue weighted by Crippen LogP contribution is -2.58. The van der Waals surface area contributed by atoms with Gasteiger partial charge < -0.3 is 14.8 Å². The molecule has 11 heavy (non-hydrogen) atoms. The number of methoxy groups -OCH3 is 2. The minimum absolute atomic E-state index is 0. The smallest absolute Gasteiger partial charge is 0.0565 e. The molecule has 0 amide bonds. The molecule has 1 heterocycles. The van der Waals surface area contributed by atoms with Crippen molar-refractivity contribution >= 4 is 12.4 Å². The monoisotopic (exact) mass is 181 g/mol. The van der Waals surface area contributed by atoms with Gasteiger partial charge in [0.15, 0.2) is 0 Å². The van der Waals surface area contributed by atoms with E-state index in [4.69, 9.17) is 9.47 Å². The molecular weight excluding hydrogens is 166 g/mol. The summed E-state index contributed by atoms with van der Waals surface area (Å²) in [7, 11) is 3.46. The summed E-state index contributed by atoms with van der Waals surface area (Å²) in [5.74, 6) is 0.